The van der Waals surface area contributed by atoms with Crippen LogP contribution in [0.2, 0.25) is 0 Å². The molecule has 0 bridgehead atoms. The number of aryl methyl sites for hydroxylation is 2. The largest absolute Gasteiger partial charge is 0.469 e. The number of hydrogen-bond donors (Lipinski definition) is 2. The average Bonchev–Trinajstić information content (AvgIpc) is 2.77. The third kappa shape index (κ3) is 1.69. The lowest BCUT2D eigenvalue weighted by Crippen LogP contribution is -2.13. The number of nitrogens with two attached hydrogens (primary N) is 1. The smallest absolute Gasteiger partial charge is 0.214 e. The summed E-state index contributed by atoms with van der Waals surface area (Å²) in [5.41, 5.74) is 0. The molecule has 0 saturated carbocycles. The molecule has 3 N–H and O–H groups in total. The van der Waals surface area contributed by atoms with E-state index in [1.807, 2.05) is 12.1 Å². The second kappa shape index (κ2) is 3.67. The Labute approximate surface area is 85.5 Å². The molecule has 6 heteroatoms. The second-order valence-corrected chi connectivity index (χ2v) is 3.28. The van der Waals surface area contributed by atoms with Crippen molar-refractivity contribution in [3.05, 3.63) is 34.8 Å². The molecule has 0 aliphatic heterocycles. The number of H-pyrrole nitrogens is 1. The number of aromatic nitrogens is 3. The molecule has 2 heterocycles. The van der Waals surface area contributed by atoms with Crippen LogP contribution in [0.4, 0.5) is 0 Å². The molecule has 2 rings (SSSR count). The first kappa shape index (κ1) is 9.01. The minimum absolute atomic E-state index is 0.430. The number of aromatic amines is 1. The molecule has 0 unspecified atom stereocenters. The van der Waals surface area contributed by atoms with Crippen molar-refractivity contribution in [3.63, 3.8) is 0 Å². The van der Waals surface area contributed by atoms with E-state index in [0.29, 0.717) is 11.2 Å². The fourth-order valence-electron chi connectivity index (χ4n) is 1.20. The molecule has 0 aliphatic rings. The predicted octanol–water partition coefficient (Wildman–Crippen LogP) is 1.03. The molecule has 2 aromatic rings. The standard InChI is InChI=1S/C8H10N4OS/c9-12-7(10-11-8(12)14)4-3-6-2-1-5-13-6/h1-2,5H,3-4,9H2,(H,11,14). The number of nitrogen functional groups attached to an aromatic ring is 1. The van der Waals surface area contributed by atoms with Crippen LogP contribution in [0.15, 0.2) is 22.8 Å². The maximum absolute atomic E-state index is 5.63. The zero-order chi connectivity index (χ0) is 9.97. The quantitative estimate of drug-likeness (QED) is 0.586. The first-order valence-corrected chi connectivity index (χ1v) is 4.62. The Morgan fingerprint density at radius 2 is 2.43 bits per heavy atom. The van der Waals surface area contributed by atoms with Crippen molar-refractivity contribution in [1.29, 1.82) is 0 Å². The van der Waals surface area contributed by atoms with Crippen molar-refractivity contribution in [2.75, 3.05) is 5.84 Å². The fraction of sp³-hybridized carbons (Fsp3) is 0.250. The van der Waals surface area contributed by atoms with Gasteiger partial charge < -0.3 is 10.3 Å². The first-order valence-electron chi connectivity index (χ1n) is 4.21. The number of rotatable bonds is 3. The van der Waals surface area contributed by atoms with Gasteiger partial charge in [0, 0.05) is 12.8 Å². The lowest BCUT2D eigenvalue weighted by Gasteiger charge is -1.97. The van der Waals surface area contributed by atoms with E-state index < -0.39 is 0 Å². The highest BCUT2D eigenvalue weighted by molar-refractivity contribution is 7.71. The van der Waals surface area contributed by atoms with Crippen LogP contribution >= 0.6 is 12.2 Å². The van der Waals surface area contributed by atoms with E-state index in [1.165, 1.54) is 4.68 Å². The molecule has 74 valence electrons. The average molecular weight is 210 g/mol. The zero-order valence-electron chi connectivity index (χ0n) is 7.43. The van der Waals surface area contributed by atoms with Crippen LogP contribution in [0, 0.1) is 4.77 Å². The Kier molecular flexibility index (Phi) is 2.36. The third-order valence-electron chi connectivity index (χ3n) is 1.95. The van der Waals surface area contributed by atoms with E-state index in [9.17, 15) is 0 Å². The third-order valence-corrected chi connectivity index (χ3v) is 2.24. The highest BCUT2D eigenvalue weighted by Gasteiger charge is 2.04. The van der Waals surface area contributed by atoms with Crippen molar-refractivity contribution in [3.8, 4) is 0 Å². The molecule has 0 atom stereocenters. The predicted molar refractivity (Wildman–Crippen MR) is 53.7 cm³/mol. The molecule has 0 fully saturated rings. The highest BCUT2D eigenvalue weighted by Crippen LogP contribution is 2.04. The first-order chi connectivity index (χ1) is 6.77. The van der Waals surface area contributed by atoms with E-state index in [1.54, 1.807) is 6.26 Å². The van der Waals surface area contributed by atoms with Crippen LogP contribution in [-0.2, 0) is 12.8 Å². The van der Waals surface area contributed by atoms with Gasteiger partial charge in [0.25, 0.3) is 0 Å². The number of nitrogens with one attached hydrogen (secondary N) is 1. The lowest BCUT2D eigenvalue weighted by molar-refractivity contribution is 0.505. The van der Waals surface area contributed by atoms with Crippen molar-refractivity contribution in [2.24, 2.45) is 0 Å². The van der Waals surface area contributed by atoms with E-state index >= 15 is 0 Å². The van der Waals surface area contributed by atoms with Gasteiger partial charge in [-0.15, -0.1) is 0 Å². The molecule has 5 nitrogen and oxygen atoms in total. The zero-order valence-corrected chi connectivity index (χ0v) is 8.25. The summed E-state index contributed by atoms with van der Waals surface area (Å²) in [6.07, 6.45) is 3.12. The molecule has 0 aromatic carbocycles. The van der Waals surface area contributed by atoms with Gasteiger partial charge in [-0.2, -0.15) is 5.10 Å². The van der Waals surface area contributed by atoms with Gasteiger partial charge in [-0.1, -0.05) is 0 Å². The second-order valence-electron chi connectivity index (χ2n) is 2.89. The van der Waals surface area contributed by atoms with Crippen LogP contribution in [0.25, 0.3) is 0 Å². The summed E-state index contributed by atoms with van der Waals surface area (Å²) in [6, 6.07) is 3.77. The minimum atomic E-state index is 0.430. The summed E-state index contributed by atoms with van der Waals surface area (Å²) in [7, 11) is 0. The lowest BCUT2D eigenvalue weighted by atomic mass is 10.2. The van der Waals surface area contributed by atoms with Gasteiger partial charge in [0.15, 0.2) is 5.82 Å². The number of furan rings is 1. The maximum Gasteiger partial charge on any atom is 0.214 e. The van der Waals surface area contributed by atoms with E-state index in [0.717, 1.165) is 18.0 Å². The van der Waals surface area contributed by atoms with Crippen LogP contribution < -0.4 is 5.84 Å². The summed E-state index contributed by atoms with van der Waals surface area (Å²) in [5, 5.41) is 6.62. The molecule has 0 amide bonds. The molecular formula is C8H10N4OS. The minimum Gasteiger partial charge on any atom is -0.469 e. The van der Waals surface area contributed by atoms with Crippen molar-refractivity contribution >= 4 is 12.2 Å². The summed E-state index contributed by atoms with van der Waals surface area (Å²) in [5.74, 6) is 7.27. The van der Waals surface area contributed by atoms with Gasteiger partial charge in [0.05, 0.1) is 6.26 Å². The van der Waals surface area contributed by atoms with Gasteiger partial charge in [-0.25, -0.2) is 4.68 Å². The van der Waals surface area contributed by atoms with Crippen molar-refractivity contribution < 1.29 is 4.42 Å². The Balaban J connectivity index is 2.05. The van der Waals surface area contributed by atoms with Crippen molar-refractivity contribution in [2.45, 2.75) is 12.8 Å². The van der Waals surface area contributed by atoms with Gasteiger partial charge in [-0.3, -0.25) is 5.10 Å². The molecule has 0 aliphatic carbocycles. The maximum atomic E-state index is 5.63. The van der Waals surface area contributed by atoms with Gasteiger partial charge in [0.1, 0.15) is 5.76 Å². The van der Waals surface area contributed by atoms with Crippen molar-refractivity contribution in [1.82, 2.24) is 14.9 Å². The van der Waals surface area contributed by atoms with E-state index in [-0.39, 0.29) is 0 Å². The molecule has 0 saturated heterocycles. The Morgan fingerprint density at radius 1 is 1.57 bits per heavy atom. The Bertz CT molecular complexity index is 456. The SMILES string of the molecule is Nn1c(CCc2ccco2)n[nH]c1=S. The fourth-order valence-corrected chi connectivity index (χ4v) is 1.35. The van der Waals surface area contributed by atoms with Crippen LogP contribution in [0.3, 0.4) is 0 Å². The number of nitrogens with zero attached hydrogens (tertiary/aromatic N) is 2. The molecular weight excluding hydrogens is 200 g/mol. The molecule has 2 aromatic heterocycles. The summed E-state index contributed by atoms with van der Waals surface area (Å²) in [4.78, 5) is 0. The number of hydrogen-bond acceptors (Lipinski definition) is 4. The van der Waals surface area contributed by atoms with E-state index in [4.69, 9.17) is 22.5 Å². The Morgan fingerprint density at radius 3 is 3.00 bits per heavy atom. The van der Waals surface area contributed by atoms with Gasteiger partial charge >= 0.3 is 0 Å². The van der Waals surface area contributed by atoms with E-state index in [2.05, 4.69) is 10.2 Å². The molecule has 0 spiro atoms. The van der Waals surface area contributed by atoms with Gasteiger partial charge in [-0.05, 0) is 24.4 Å². The topological polar surface area (TPSA) is 72.8 Å². The van der Waals surface area contributed by atoms with Crippen LogP contribution in [-0.4, -0.2) is 14.9 Å². The normalized spacial score (nSPS) is 10.6. The molecule has 0 radical (unpaired) electrons. The van der Waals surface area contributed by atoms with Crippen LogP contribution in [0.1, 0.15) is 11.6 Å². The van der Waals surface area contributed by atoms with Crippen LogP contribution in [0.5, 0.6) is 0 Å². The molecule has 14 heavy (non-hydrogen) atoms. The van der Waals surface area contributed by atoms with Gasteiger partial charge in [0.2, 0.25) is 4.77 Å². The summed E-state index contributed by atoms with van der Waals surface area (Å²) in [6.45, 7) is 0. The summed E-state index contributed by atoms with van der Waals surface area (Å²) < 4.78 is 6.99. The summed E-state index contributed by atoms with van der Waals surface area (Å²) >= 11 is 4.88. The highest BCUT2D eigenvalue weighted by atomic mass is 32.1. The monoisotopic (exact) mass is 210 g/mol. The Hall–Kier alpha value is -1.56.